The Kier molecular flexibility index (Phi) is 2.01. The average molecular weight is 217 g/mol. The van der Waals surface area contributed by atoms with Crippen LogP contribution in [-0.2, 0) is 6.42 Å². The van der Waals surface area contributed by atoms with Gasteiger partial charge in [0.25, 0.3) is 0 Å². The molecule has 1 N–H and O–H groups in total. The average Bonchev–Trinajstić information content (AvgIpc) is 2.71. The van der Waals surface area contributed by atoms with E-state index in [4.69, 9.17) is 0 Å². The van der Waals surface area contributed by atoms with E-state index in [9.17, 15) is 4.79 Å². The standard InChI is InChI=1S/C12H15N3O/c1-13-8-5-9-10-7(3-4-15(9)2)6-14-11(10)12(8)16/h6,9,14H,3-5H2,1-2H3. The smallest absolute Gasteiger partial charge is 0.223 e. The number of aromatic nitrogens is 1. The van der Waals surface area contributed by atoms with E-state index >= 15 is 0 Å². The van der Waals surface area contributed by atoms with Crippen LogP contribution in [0.3, 0.4) is 0 Å². The summed E-state index contributed by atoms with van der Waals surface area (Å²) in [5.74, 6) is 0.0790. The van der Waals surface area contributed by atoms with Gasteiger partial charge in [0.15, 0.2) is 0 Å². The number of nitrogens with zero attached hydrogens (tertiary/aromatic N) is 2. The van der Waals surface area contributed by atoms with Gasteiger partial charge in [-0.25, -0.2) is 0 Å². The highest BCUT2D eigenvalue weighted by Crippen LogP contribution is 2.37. The van der Waals surface area contributed by atoms with Gasteiger partial charge in [0.1, 0.15) is 0 Å². The largest absolute Gasteiger partial charge is 0.358 e. The van der Waals surface area contributed by atoms with Gasteiger partial charge in [-0.1, -0.05) is 0 Å². The number of carbonyl (C=O) groups is 1. The molecule has 1 aromatic rings. The Bertz CT molecular complexity index is 486. The number of hydrogen-bond donors (Lipinski definition) is 1. The second-order valence-electron chi connectivity index (χ2n) is 4.55. The number of likely N-dealkylation sites (N-methyl/N-ethyl adjacent to an activating group) is 1. The summed E-state index contributed by atoms with van der Waals surface area (Å²) in [6.45, 7) is 1.06. The highest BCUT2D eigenvalue weighted by atomic mass is 16.1. The number of H-pyrrole nitrogens is 1. The molecule has 2 heterocycles. The quantitative estimate of drug-likeness (QED) is 0.710. The lowest BCUT2D eigenvalue weighted by Crippen LogP contribution is -2.38. The lowest BCUT2D eigenvalue weighted by molar-refractivity contribution is 0.104. The summed E-state index contributed by atoms with van der Waals surface area (Å²) in [6.07, 6.45) is 3.77. The van der Waals surface area contributed by atoms with Crippen molar-refractivity contribution < 1.29 is 4.79 Å². The zero-order chi connectivity index (χ0) is 11.3. The number of aromatic amines is 1. The summed E-state index contributed by atoms with van der Waals surface area (Å²) in [4.78, 5) is 21.6. The van der Waals surface area contributed by atoms with E-state index in [1.54, 1.807) is 7.05 Å². The number of aliphatic imine (C=N–C) groups is 1. The number of Topliss-reactive ketones (excluding diaryl/α,β-unsaturated/α-hetero) is 1. The topological polar surface area (TPSA) is 48.5 Å². The van der Waals surface area contributed by atoms with Crippen molar-refractivity contribution >= 4 is 11.5 Å². The molecule has 0 radical (unpaired) electrons. The summed E-state index contributed by atoms with van der Waals surface area (Å²) in [6, 6.07) is 0.335. The number of hydrogen-bond acceptors (Lipinski definition) is 3. The Balaban J connectivity index is 2.19. The zero-order valence-electron chi connectivity index (χ0n) is 9.58. The molecule has 3 rings (SSSR count). The van der Waals surface area contributed by atoms with Gasteiger partial charge < -0.3 is 4.98 Å². The summed E-state index contributed by atoms with van der Waals surface area (Å²) in [5.41, 5.74) is 3.98. The van der Waals surface area contributed by atoms with Gasteiger partial charge in [-0.15, -0.1) is 0 Å². The van der Waals surface area contributed by atoms with Crippen LogP contribution in [-0.4, -0.2) is 42.0 Å². The van der Waals surface area contributed by atoms with Crippen LogP contribution in [0, 0.1) is 0 Å². The van der Waals surface area contributed by atoms with E-state index in [0.29, 0.717) is 11.8 Å². The highest BCUT2D eigenvalue weighted by Gasteiger charge is 2.37. The van der Waals surface area contributed by atoms with Gasteiger partial charge in [-0.05, 0) is 19.0 Å². The molecule has 1 atom stereocenters. The van der Waals surface area contributed by atoms with Crippen molar-refractivity contribution in [3.63, 3.8) is 0 Å². The fraction of sp³-hybridized carbons (Fsp3) is 0.500. The number of rotatable bonds is 0. The minimum atomic E-state index is 0.0790. The Hall–Kier alpha value is -1.42. The van der Waals surface area contributed by atoms with Gasteiger partial charge in [0.2, 0.25) is 5.78 Å². The van der Waals surface area contributed by atoms with Crippen LogP contribution >= 0.6 is 0 Å². The molecule has 84 valence electrons. The molecular formula is C12H15N3O. The van der Waals surface area contributed by atoms with Crippen molar-refractivity contribution in [3.8, 4) is 0 Å². The summed E-state index contributed by atoms with van der Waals surface area (Å²) in [5, 5.41) is 0. The van der Waals surface area contributed by atoms with Gasteiger partial charge in [-0.2, -0.15) is 0 Å². The molecule has 1 aliphatic carbocycles. The second kappa shape index (κ2) is 3.28. The maximum absolute atomic E-state index is 12.1. The second-order valence-corrected chi connectivity index (χ2v) is 4.55. The van der Waals surface area contributed by atoms with Crippen molar-refractivity contribution in [2.45, 2.75) is 18.9 Å². The van der Waals surface area contributed by atoms with Crippen LogP contribution in [0.25, 0.3) is 0 Å². The molecule has 0 fully saturated rings. The normalized spacial score (nSPS) is 27.2. The first kappa shape index (κ1) is 9.78. The number of ketones is 1. The maximum atomic E-state index is 12.1. The van der Waals surface area contributed by atoms with Crippen molar-refractivity contribution in [3.05, 3.63) is 23.0 Å². The third-order valence-electron chi connectivity index (χ3n) is 3.75. The Morgan fingerprint density at radius 1 is 1.56 bits per heavy atom. The molecule has 4 heteroatoms. The molecular weight excluding hydrogens is 202 g/mol. The monoisotopic (exact) mass is 217 g/mol. The van der Waals surface area contributed by atoms with E-state index in [2.05, 4.69) is 21.9 Å². The number of nitrogens with one attached hydrogen (secondary N) is 1. The van der Waals surface area contributed by atoms with Crippen LogP contribution < -0.4 is 0 Å². The molecule has 0 amide bonds. The lowest BCUT2D eigenvalue weighted by atomic mass is 9.84. The third-order valence-corrected chi connectivity index (χ3v) is 3.75. The first-order chi connectivity index (χ1) is 7.72. The highest BCUT2D eigenvalue weighted by molar-refractivity contribution is 6.46. The molecule has 0 saturated heterocycles. The first-order valence-corrected chi connectivity index (χ1v) is 5.63. The molecule has 1 unspecified atom stereocenters. The molecule has 0 aromatic carbocycles. The molecule has 4 nitrogen and oxygen atoms in total. The molecule has 2 aliphatic rings. The van der Waals surface area contributed by atoms with Crippen molar-refractivity contribution in [2.75, 3.05) is 20.6 Å². The maximum Gasteiger partial charge on any atom is 0.223 e. The minimum absolute atomic E-state index is 0.0790. The molecule has 1 aromatic heterocycles. The van der Waals surface area contributed by atoms with Crippen LogP contribution in [0.15, 0.2) is 11.2 Å². The Morgan fingerprint density at radius 2 is 2.38 bits per heavy atom. The van der Waals surface area contributed by atoms with Gasteiger partial charge >= 0.3 is 0 Å². The van der Waals surface area contributed by atoms with Gasteiger partial charge in [0.05, 0.1) is 11.4 Å². The fourth-order valence-corrected chi connectivity index (χ4v) is 2.79. The lowest BCUT2D eigenvalue weighted by Gasteiger charge is -2.35. The van der Waals surface area contributed by atoms with E-state index in [1.807, 2.05) is 6.20 Å². The van der Waals surface area contributed by atoms with E-state index in [-0.39, 0.29) is 5.78 Å². The fourth-order valence-electron chi connectivity index (χ4n) is 2.79. The molecule has 1 aliphatic heterocycles. The van der Waals surface area contributed by atoms with E-state index in [1.165, 1.54) is 11.1 Å². The van der Waals surface area contributed by atoms with E-state index < -0.39 is 0 Å². The third kappa shape index (κ3) is 1.13. The predicted octanol–water partition coefficient (Wildman–Crippen LogP) is 1.20. The van der Waals surface area contributed by atoms with Crippen LogP contribution in [0.4, 0.5) is 0 Å². The minimum Gasteiger partial charge on any atom is -0.358 e. The van der Waals surface area contributed by atoms with Crippen LogP contribution in [0.5, 0.6) is 0 Å². The van der Waals surface area contributed by atoms with Gasteiger partial charge in [0, 0.05) is 37.8 Å². The Labute approximate surface area is 94.4 Å². The molecule has 0 saturated carbocycles. The SMILES string of the molecule is CN=C1CC2c3c(c[nH]c3C1=O)CCN2C. The summed E-state index contributed by atoms with van der Waals surface area (Å²) in [7, 11) is 3.82. The predicted molar refractivity (Wildman–Crippen MR) is 62.2 cm³/mol. The Morgan fingerprint density at radius 3 is 3.12 bits per heavy atom. The van der Waals surface area contributed by atoms with Gasteiger partial charge in [-0.3, -0.25) is 14.7 Å². The van der Waals surface area contributed by atoms with Crippen molar-refractivity contribution in [1.82, 2.24) is 9.88 Å². The van der Waals surface area contributed by atoms with Crippen molar-refractivity contribution in [1.29, 1.82) is 0 Å². The summed E-state index contributed by atoms with van der Waals surface area (Å²) >= 11 is 0. The van der Waals surface area contributed by atoms with Crippen molar-refractivity contribution in [2.24, 2.45) is 4.99 Å². The van der Waals surface area contributed by atoms with Crippen LogP contribution in [0.2, 0.25) is 0 Å². The first-order valence-electron chi connectivity index (χ1n) is 5.63. The van der Waals surface area contributed by atoms with Crippen LogP contribution in [0.1, 0.15) is 34.1 Å². The van der Waals surface area contributed by atoms with E-state index in [0.717, 1.165) is 25.1 Å². The molecule has 0 bridgehead atoms. The summed E-state index contributed by atoms with van der Waals surface area (Å²) < 4.78 is 0. The zero-order valence-corrected chi connectivity index (χ0v) is 9.58. The molecule has 16 heavy (non-hydrogen) atoms. The number of carbonyl (C=O) groups excluding carboxylic acids is 1. The molecule has 0 spiro atoms.